The Balaban J connectivity index is 1.11. The Morgan fingerprint density at radius 2 is 0.810 bits per heavy atom. The molecule has 2 aliphatic carbocycles. The number of hydrogen-bond donors (Lipinski definition) is 0. The molecule has 2 nitrogen and oxygen atoms in total. The van der Waals surface area contributed by atoms with Gasteiger partial charge in [0.2, 0.25) is 0 Å². The lowest BCUT2D eigenvalue weighted by molar-refractivity contribution is 0.660. The number of anilines is 6. The Morgan fingerprint density at radius 1 is 0.310 bits per heavy atom. The van der Waals surface area contributed by atoms with Crippen LogP contribution in [0.3, 0.4) is 0 Å². The van der Waals surface area contributed by atoms with E-state index in [-0.39, 0.29) is 10.8 Å². The van der Waals surface area contributed by atoms with Crippen molar-refractivity contribution in [3.63, 3.8) is 0 Å². The van der Waals surface area contributed by atoms with Gasteiger partial charge in [0.25, 0.3) is 0 Å². The summed E-state index contributed by atoms with van der Waals surface area (Å²) in [6, 6.07) is 71.8. The van der Waals surface area contributed by atoms with Crippen LogP contribution < -0.4 is 9.80 Å². The monoisotopic (exact) mass is 744 g/mol. The van der Waals surface area contributed by atoms with Gasteiger partial charge >= 0.3 is 0 Å². The molecule has 0 bridgehead atoms. The molecule has 278 valence electrons. The van der Waals surface area contributed by atoms with Crippen LogP contribution in [0.2, 0.25) is 0 Å². The fraction of sp³-hybridized carbons (Fsp3) is 0.107. The van der Waals surface area contributed by atoms with Crippen molar-refractivity contribution in [3.8, 4) is 22.3 Å². The van der Waals surface area contributed by atoms with Gasteiger partial charge in [-0.2, -0.15) is 0 Å². The van der Waals surface area contributed by atoms with Gasteiger partial charge in [0.1, 0.15) is 0 Å². The van der Waals surface area contributed by atoms with Gasteiger partial charge in [0.15, 0.2) is 0 Å². The number of rotatable bonds is 6. The zero-order valence-electron chi connectivity index (χ0n) is 33.4. The van der Waals surface area contributed by atoms with Crippen molar-refractivity contribution in [2.45, 2.75) is 38.5 Å². The van der Waals surface area contributed by atoms with Crippen LogP contribution in [0.4, 0.5) is 34.1 Å². The summed E-state index contributed by atoms with van der Waals surface area (Å²) in [5, 5.41) is 5.01. The molecule has 0 spiro atoms. The number of hydrogen-bond acceptors (Lipinski definition) is 2. The van der Waals surface area contributed by atoms with Gasteiger partial charge in [-0.1, -0.05) is 149 Å². The van der Waals surface area contributed by atoms with Gasteiger partial charge in [0, 0.05) is 44.7 Å². The zero-order chi connectivity index (χ0) is 39.2. The molecular weight excluding hydrogens is 701 g/mol. The first-order chi connectivity index (χ1) is 28.3. The van der Waals surface area contributed by atoms with E-state index in [1.165, 1.54) is 66.1 Å². The van der Waals surface area contributed by atoms with E-state index in [1.807, 2.05) is 0 Å². The minimum atomic E-state index is -0.106. The summed E-state index contributed by atoms with van der Waals surface area (Å²) in [7, 11) is 0. The molecule has 9 aromatic carbocycles. The van der Waals surface area contributed by atoms with E-state index in [0.717, 1.165) is 34.1 Å². The first kappa shape index (κ1) is 34.4. The maximum absolute atomic E-state index is 2.49. The fourth-order valence-corrected chi connectivity index (χ4v) is 10.1. The minimum Gasteiger partial charge on any atom is -0.310 e. The first-order valence-electron chi connectivity index (χ1n) is 20.4. The van der Waals surface area contributed by atoms with Crippen molar-refractivity contribution in [1.29, 1.82) is 0 Å². The Hall–Kier alpha value is -6.90. The quantitative estimate of drug-likeness (QED) is 0.156. The Kier molecular flexibility index (Phi) is 7.59. The lowest BCUT2D eigenvalue weighted by Crippen LogP contribution is -2.17. The largest absolute Gasteiger partial charge is 0.310 e. The average molecular weight is 745 g/mol. The smallest absolute Gasteiger partial charge is 0.0546 e. The van der Waals surface area contributed by atoms with E-state index < -0.39 is 0 Å². The molecule has 9 aromatic rings. The number of fused-ring (bicyclic) bond motifs is 9. The third-order valence-electron chi connectivity index (χ3n) is 13.0. The van der Waals surface area contributed by atoms with E-state index in [2.05, 4.69) is 232 Å². The highest BCUT2D eigenvalue weighted by atomic mass is 15.2. The summed E-state index contributed by atoms with van der Waals surface area (Å²) in [6.07, 6.45) is 0. The van der Waals surface area contributed by atoms with Crippen LogP contribution in [0.1, 0.15) is 49.9 Å². The summed E-state index contributed by atoms with van der Waals surface area (Å²) in [5.74, 6) is 0. The van der Waals surface area contributed by atoms with Crippen molar-refractivity contribution in [2.75, 3.05) is 9.80 Å². The van der Waals surface area contributed by atoms with Gasteiger partial charge in [-0.25, -0.2) is 0 Å². The molecule has 2 aliphatic rings. The predicted molar refractivity (Wildman–Crippen MR) is 246 cm³/mol. The van der Waals surface area contributed by atoms with Crippen molar-refractivity contribution in [2.24, 2.45) is 0 Å². The van der Waals surface area contributed by atoms with Crippen molar-refractivity contribution in [1.82, 2.24) is 0 Å². The van der Waals surface area contributed by atoms with Gasteiger partial charge in [-0.3, -0.25) is 0 Å². The van der Waals surface area contributed by atoms with Crippen LogP contribution in [0.15, 0.2) is 194 Å². The molecule has 0 unspecified atom stereocenters. The molecule has 0 N–H and O–H groups in total. The van der Waals surface area contributed by atoms with Crippen LogP contribution in [0.5, 0.6) is 0 Å². The van der Waals surface area contributed by atoms with Crippen molar-refractivity contribution >= 4 is 55.7 Å². The second-order valence-corrected chi connectivity index (χ2v) is 17.0. The molecule has 0 radical (unpaired) electrons. The second kappa shape index (κ2) is 12.8. The normalized spacial score (nSPS) is 14.1. The summed E-state index contributed by atoms with van der Waals surface area (Å²) in [4.78, 5) is 4.86. The molecular formula is C56H44N2. The standard InChI is InChI=1S/C56H44N2/c1-55(2)49-26-13-11-24-44(49)46-32-31-43(35-51(46)55)57(39-18-7-5-8-19-39)41-22-16-23-42(34-41)58(40-20-9-6-10-21-40)53-28-15-17-37-29-30-38-33-48-45-25-12-14-27-50(45)56(3,4)52(48)36-47(38)54(37)53/h5-36H,1-4H3. The predicted octanol–water partition coefficient (Wildman–Crippen LogP) is 15.5. The molecule has 58 heavy (non-hydrogen) atoms. The lowest BCUT2D eigenvalue weighted by atomic mass is 9.81. The van der Waals surface area contributed by atoms with E-state index in [9.17, 15) is 0 Å². The van der Waals surface area contributed by atoms with Crippen molar-refractivity contribution < 1.29 is 0 Å². The molecule has 0 saturated carbocycles. The Morgan fingerprint density at radius 3 is 1.50 bits per heavy atom. The third-order valence-corrected chi connectivity index (χ3v) is 13.0. The third kappa shape index (κ3) is 5.11. The molecule has 0 amide bonds. The summed E-state index contributed by atoms with van der Waals surface area (Å²) in [6.45, 7) is 9.45. The number of benzene rings is 9. The van der Waals surface area contributed by atoms with Gasteiger partial charge in [-0.05, 0) is 133 Å². The molecule has 11 rings (SSSR count). The Labute approximate surface area is 341 Å². The molecule has 0 atom stereocenters. The number of para-hydroxylation sites is 2. The molecule has 2 heteroatoms. The zero-order valence-corrected chi connectivity index (χ0v) is 33.4. The van der Waals surface area contributed by atoms with Crippen LogP contribution in [-0.4, -0.2) is 0 Å². The first-order valence-corrected chi connectivity index (χ1v) is 20.4. The highest BCUT2D eigenvalue weighted by molar-refractivity contribution is 6.16. The van der Waals surface area contributed by atoms with Crippen molar-refractivity contribution in [3.05, 3.63) is 216 Å². The van der Waals surface area contributed by atoms with Crippen LogP contribution in [0.25, 0.3) is 43.8 Å². The summed E-state index contributed by atoms with van der Waals surface area (Å²) >= 11 is 0. The van der Waals surface area contributed by atoms with Gasteiger partial charge in [0.05, 0.1) is 5.69 Å². The molecule has 0 heterocycles. The lowest BCUT2D eigenvalue weighted by Gasteiger charge is -2.31. The minimum absolute atomic E-state index is 0.0961. The molecule has 0 fully saturated rings. The fourth-order valence-electron chi connectivity index (χ4n) is 10.1. The van der Waals surface area contributed by atoms with E-state index >= 15 is 0 Å². The average Bonchev–Trinajstić information content (AvgIpc) is 3.63. The Bertz CT molecular complexity index is 3070. The van der Waals surface area contributed by atoms with E-state index in [4.69, 9.17) is 0 Å². The second-order valence-electron chi connectivity index (χ2n) is 17.0. The topological polar surface area (TPSA) is 6.48 Å². The highest BCUT2D eigenvalue weighted by Crippen LogP contribution is 2.53. The number of nitrogens with zero attached hydrogens (tertiary/aromatic N) is 2. The molecule has 0 saturated heterocycles. The maximum Gasteiger partial charge on any atom is 0.0546 e. The summed E-state index contributed by atoms with van der Waals surface area (Å²) < 4.78 is 0. The molecule has 0 aliphatic heterocycles. The summed E-state index contributed by atoms with van der Waals surface area (Å²) in [5.41, 5.74) is 17.4. The van der Waals surface area contributed by atoms with Gasteiger partial charge < -0.3 is 9.80 Å². The van der Waals surface area contributed by atoms with Gasteiger partial charge in [-0.15, -0.1) is 0 Å². The SMILES string of the molecule is CC1(C)c2ccccc2-c2ccc(N(c3ccccc3)c3cccc(N(c4ccccc4)c4cccc5ccc6cc7c(cc6c45)C(C)(C)c4ccccc4-7)c3)cc21. The van der Waals surface area contributed by atoms with Crippen LogP contribution >= 0.6 is 0 Å². The highest BCUT2D eigenvalue weighted by Gasteiger charge is 2.37. The molecule has 0 aromatic heterocycles. The van der Waals surface area contributed by atoms with Crippen LogP contribution in [-0.2, 0) is 10.8 Å². The maximum atomic E-state index is 2.49. The van der Waals surface area contributed by atoms with E-state index in [1.54, 1.807) is 0 Å². The van der Waals surface area contributed by atoms with Crippen LogP contribution in [0, 0.1) is 0 Å². The van der Waals surface area contributed by atoms with E-state index in [0.29, 0.717) is 0 Å².